The Morgan fingerprint density at radius 3 is 2.59 bits per heavy atom. The fourth-order valence-electron chi connectivity index (χ4n) is 2.58. The largest absolute Gasteiger partial charge is 0.325 e. The van der Waals surface area contributed by atoms with Crippen LogP contribution >= 0.6 is 11.8 Å². The molecule has 0 aliphatic rings. The highest BCUT2D eigenvalue weighted by molar-refractivity contribution is 7.99. The van der Waals surface area contributed by atoms with Gasteiger partial charge in [-0.05, 0) is 36.4 Å². The van der Waals surface area contributed by atoms with Gasteiger partial charge in [-0.15, -0.1) is 6.58 Å². The number of aromatic nitrogens is 2. The molecule has 0 aliphatic carbocycles. The third-order valence-electron chi connectivity index (χ3n) is 3.83. The number of nitrogens with one attached hydrogen (secondary N) is 1. The zero-order valence-corrected chi connectivity index (χ0v) is 16.4. The van der Waals surface area contributed by atoms with Crippen LogP contribution < -0.4 is 5.32 Å². The predicted molar refractivity (Wildman–Crippen MR) is 109 cm³/mol. The van der Waals surface area contributed by atoms with Crippen LogP contribution in [0.2, 0.25) is 0 Å². The molecule has 8 heteroatoms. The van der Waals surface area contributed by atoms with E-state index in [1.807, 2.05) is 28.8 Å². The first-order valence-corrected chi connectivity index (χ1v) is 11.0. The molecule has 1 aromatic heterocycles. The molecule has 6 nitrogen and oxygen atoms in total. The molecule has 0 aliphatic heterocycles. The van der Waals surface area contributed by atoms with Gasteiger partial charge in [-0.25, -0.2) is 13.4 Å². The molecule has 0 atom stereocenters. The number of carbonyl (C=O) groups excluding carboxylic acids is 1. The summed E-state index contributed by atoms with van der Waals surface area (Å²) in [6.07, 6.45) is 2.94. The average Bonchev–Trinajstić information content (AvgIpc) is 2.98. The van der Waals surface area contributed by atoms with Gasteiger partial charge in [-0.2, -0.15) is 0 Å². The van der Waals surface area contributed by atoms with Crippen LogP contribution in [0.25, 0.3) is 11.0 Å². The van der Waals surface area contributed by atoms with Crippen molar-refractivity contribution in [2.24, 2.45) is 0 Å². The van der Waals surface area contributed by atoms with Gasteiger partial charge < -0.3 is 9.88 Å². The number of allylic oxidation sites excluding steroid dienone is 1. The number of imidazole rings is 1. The quantitative estimate of drug-likeness (QED) is 0.485. The second-order valence-electron chi connectivity index (χ2n) is 5.92. The first-order valence-electron chi connectivity index (χ1n) is 8.17. The lowest BCUT2D eigenvalue weighted by atomic mass is 10.3. The Hall–Kier alpha value is -2.58. The van der Waals surface area contributed by atoms with Gasteiger partial charge in [0.15, 0.2) is 15.0 Å². The van der Waals surface area contributed by atoms with Crippen LogP contribution in [0, 0.1) is 0 Å². The van der Waals surface area contributed by atoms with Crippen LogP contribution in [0.5, 0.6) is 0 Å². The number of benzene rings is 2. The first kappa shape index (κ1) is 19.2. The highest BCUT2D eigenvalue weighted by atomic mass is 32.2. The average molecular weight is 402 g/mol. The van der Waals surface area contributed by atoms with E-state index in [4.69, 9.17) is 0 Å². The van der Waals surface area contributed by atoms with E-state index in [1.165, 1.54) is 23.9 Å². The summed E-state index contributed by atoms with van der Waals surface area (Å²) in [4.78, 5) is 17.0. The molecule has 27 heavy (non-hydrogen) atoms. The van der Waals surface area contributed by atoms with Gasteiger partial charge in [0, 0.05) is 18.5 Å². The van der Waals surface area contributed by atoms with Crippen molar-refractivity contribution in [2.75, 3.05) is 17.3 Å². The Morgan fingerprint density at radius 1 is 1.22 bits per heavy atom. The minimum atomic E-state index is -3.25. The highest BCUT2D eigenvalue weighted by Gasteiger charge is 2.13. The van der Waals surface area contributed by atoms with E-state index < -0.39 is 9.84 Å². The third kappa shape index (κ3) is 4.58. The molecule has 0 radical (unpaired) electrons. The van der Waals surface area contributed by atoms with Crippen LogP contribution in [-0.2, 0) is 21.2 Å². The highest BCUT2D eigenvalue weighted by Crippen LogP contribution is 2.24. The number of nitrogens with zero attached hydrogens (tertiary/aromatic N) is 2. The molecular weight excluding hydrogens is 382 g/mol. The van der Waals surface area contributed by atoms with Crippen LogP contribution in [0.3, 0.4) is 0 Å². The summed E-state index contributed by atoms with van der Waals surface area (Å²) in [5.74, 6) is -0.00167. The molecular formula is C19H19N3O3S2. The number of carbonyl (C=O) groups is 1. The minimum Gasteiger partial charge on any atom is -0.325 e. The van der Waals surface area contributed by atoms with Crippen molar-refractivity contribution < 1.29 is 13.2 Å². The van der Waals surface area contributed by atoms with Gasteiger partial charge in [0.25, 0.3) is 0 Å². The van der Waals surface area contributed by atoms with Gasteiger partial charge in [0.05, 0.1) is 21.7 Å². The van der Waals surface area contributed by atoms with E-state index >= 15 is 0 Å². The molecule has 0 unspecified atom stereocenters. The second kappa shape index (κ2) is 7.98. The fraction of sp³-hybridized carbons (Fsp3) is 0.158. The van der Waals surface area contributed by atoms with Gasteiger partial charge >= 0.3 is 0 Å². The lowest BCUT2D eigenvalue weighted by Crippen LogP contribution is -2.14. The zero-order valence-electron chi connectivity index (χ0n) is 14.8. The Bertz CT molecular complexity index is 1090. The standard InChI is InChI=1S/C19H19N3O3S2/c1-3-12-22-17-7-5-4-6-16(17)21-19(22)26-13-18(23)20-14-8-10-15(11-9-14)27(2,24)25/h3-11H,1,12-13H2,2H3,(H,20,23). The molecule has 2 aromatic carbocycles. The topological polar surface area (TPSA) is 81.1 Å². The van der Waals surface area contributed by atoms with Crippen LogP contribution in [0.1, 0.15) is 0 Å². The normalized spacial score (nSPS) is 11.4. The summed E-state index contributed by atoms with van der Waals surface area (Å²) in [5.41, 5.74) is 2.42. The molecule has 0 saturated heterocycles. The van der Waals surface area contributed by atoms with E-state index in [2.05, 4.69) is 16.9 Å². The molecule has 1 N–H and O–H groups in total. The van der Waals surface area contributed by atoms with E-state index in [0.29, 0.717) is 12.2 Å². The lowest BCUT2D eigenvalue weighted by Gasteiger charge is -2.07. The molecule has 3 rings (SSSR count). The van der Waals surface area contributed by atoms with Crippen molar-refractivity contribution in [3.8, 4) is 0 Å². The number of hydrogen-bond acceptors (Lipinski definition) is 5. The number of rotatable bonds is 7. The van der Waals surface area contributed by atoms with Crippen molar-refractivity contribution >= 4 is 44.2 Å². The number of para-hydroxylation sites is 2. The summed E-state index contributed by atoms with van der Waals surface area (Å²) in [7, 11) is -3.25. The maximum atomic E-state index is 12.2. The number of sulfone groups is 1. The lowest BCUT2D eigenvalue weighted by molar-refractivity contribution is -0.113. The van der Waals surface area contributed by atoms with Crippen LogP contribution in [0.15, 0.2) is 71.2 Å². The maximum absolute atomic E-state index is 12.2. The number of amides is 1. The molecule has 1 amide bonds. The smallest absolute Gasteiger partial charge is 0.234 e. The predicted octanol–water partition coefficient (Wildman–Crippen LogP) is 3.36. The summed E-state index contributed by atoms with van der Waals surface area (Å²) in [6, 6.07) is 13.9. The minimum absolute atomic E-state index is 0.189. The maximum Gasteiger partial charge on any atom is 0.234 e. The van der Waals surface area contributed by atoms with Gasteiger partial charge in [-0.3, -0.25) is 4.79 Å². The van der Waals surface area contributed by atoms with E-state index in [9.17, 15) is 13.2 Å². The van der Waals surface area contributed by atoms with E-state index in [1.54, 1.807) is 18.2 Å². The second-order valence-corrected chi connectivity index (χ2v) is 8.87. The molecule has 140 valence electrons. The summed E-state index contributed by atoms with van der Waals surface area (Å²) >= 11 is 1.34. The first-order chi connectivity index (χ1) is 12.9. The molecule has 0 bridgehead atoms. The molecule has 0 spiro atoms. The fourth-order valence-corrected chi connectivity index (χ4v) is 4.04. The molecule has 1 heterocycles. The SMILES string of the molecule is C=CCn1c(SCC(=O)Nc2ccc(S(C)(=O)=O)cc2)nc2ccccc21. The van der Waals surface area contributed by atoms with E-state index in [0.717, 1.165) is 22.4 Å². The molecule has 0 saturated carbocycles. The van der Waals surface area contributed by atoms with Gasteiger partial charge in [-0.1, -0.05) is 30.0 Å². The van der Waals surface area contributed by atoms with Crippen molar-refractivity contribution in [1.82, 2.24) is 9.55 Å². The number of hydrogen-bond donors (Lipinski definition) is 1. The van der Waals surface area contributed by atoms with E-state index in [-0.39, 0.29) is 16.6 Å². The number of fused-ring (bicyclic) bond motifs is 1. The zero-order chi connectivity index (χ0) is 19.4. The summed E-state index contributed by atoms with van der Waals surface area (Å²) in [6.45, 7) is 4.39. The summed E-state index contributed by atoms with van der Waals surface area (Å²) in [5, 5.41) is 3.51. The van der Waals surface area contributed by atoms with Crippen LogP contribution in [0.4, 0.5) is 5.69 Å². The van der Waals surface area contributed by atoms with Gasteiger partial charge in [0.2, 0.25) is 5.91 Å². The van der Waals surface area contributed by atoms with Crippen LogP contribution in [-0.4, -0.2) is 35.9 Å². The Balaban J connectivity index is 1.68. The molecule has 3 aromatic rings. The summed E-state index contributed by atoms with van der Waals surface area (Å²) < 4.78 is 25.0. The van der Waals surface area contributed by atoms with Crippen molar-refractivity contribution in [2.45, 2.75) is 16.6 Å². The van der Waals surface area contributed by atoms with Crippen molar-refractivity contribution in [1.29, 1.82) is 0 Å². The monoisotopic (exact) mass is 401 g/mol. The number of anilines is 1. The number of thioether (sulfide) groups is 1. The Morgan fingerprint density at radius 2 is 1.93 bits per heavy atom. The van der Waals surface area contributed by atoms with Gasteiger partial charge in [0.1, 0.15) is 0 Å². The van der Waals surface area contributed by atoms with Crippen molar-refractivity contribution in [3.63, 3.8) is 0 Å². The third-order valence-corrected chi connectivity index (χ3v) is 5.93. The Labute approximate surface area is 162 Å². The molecule has 0 fully saturated rings. The van der Waals surface area contributed by atoms with Crippen molar-refractivity contribution in [3.05, 3.63) is 61.2 Å². The Kier molecular flexibility index (Phi) is 5.67.